The van der Waals surface area contributed by atoms with Gasteiger partial charge in [-0.2, -0.15) is 0 Å². The number of rotatable bonds is 10. The number of nitrogens with zero attached hydrogens (tertiary/aromatic N) is 4. The lowest BCUT2D eigenvalue weighted by molar-refractivity contribution is -0.132. The van der Waals surface area contributed by atoms with Crippen LogP contribution >= 0.6 is 34.7 Å². The van der Waals surface area contributed by atoms with Gasteiger partial charge in [-0.25, -0.2) is 0 Å². The number of thioether (sulfide) groups is 1. The normalized spacial score (nSPS) is 15.7. The standard InChI is InChI=1S/C36H31ClN4O4S2/c1-22-5-4-6-24(19-22)20-45-29-17-11-26(12-18-29)32(42)30-31(25-9-15-28(16-10-25)40(2)3)41(34(44)33(30)43)35-38-39-36(47-35)46-21-23-7-13-27(37)14-8-23/h4-19,31,42H,20-21H2,1-3H3/b32-30+. The molecule has 1 amide bonds. The number of amides is 1. The van der Waals surface area contributed by atoms with Crippen molar-refractivity contribution < 1.29 is 19.4 Å². The van der Waals surface area contributed by atoms with Crippen LogP contribution in [0.4, 0.5) is 10.8 Å². The van der Waals surface area contributed by atoms with Gasteiger partial charge in [0.1, 0.15) is 18.1 Å². The third-order valence-corrected chi connectivity index (χ3v) is 10.0. The molecule has 0 bridgehead atoms. The zero-order valence-electron chi connectivity index (χ0n) is 25.9. The van der Waals surface area contributed by atoms with Crippen molar-refractivity contribution in [3.8, 4) is 5.75 Å². The number of hydrogen-bond donors (Lipinski definition) is 1. The molecule has 6 rings (SSSR count). The first-order chi connectivity index (χ1) is 22.7. The molecule has 1 atom stereocenters. The van der Waals surface area contributed by atoms with Crippen molar-refractivity contribution in [3.63, 3.8) is 0 Å². The van der Waals surface area contributed by atoms with Crippen molar-refractivity contribution in [3.05, 3.63) is 135 Å². The maximum Gasteiger partial charge on any atom is 0.301 e. The average molecular weight is 683 g/mol. The first-order valence-corrected chi connectivity index (χ1v) is 16.9. The summed E-state index contributed by atoms with van der Waals surface area (Å²) in [6.45, 7) is 2.42. The van der Waals surface area contributed by atoms with Crippen LogP contribution in [0.5, 0.6) is 5.75 Å². The molecule has 1 aliphatic heterocycles. The van der Waals surface area contributed by atoms with E-state index < -0.39 is 17.7 Å². The Bertz CT molecular complexity index is 1940. The van der Waals surface area contributed by atoms with Crippen LogP contribution in [0.3, 0.4) is 0 Å². The van der Waals surface area contributed by atoms with E-state index in [4.69, 9.17) is 16.3 Å². The minimum absolute atomic E-state index is 0.0217. The third-order valence-electron chi connectivity index (χ3n) is 7.66. The van der Waals surface area contributed by atoms with Gasteiger partial charge >= 0.3 is 5.91 Å². The fourth-order valence-corrected chi connectivity index (χ4v) is 7.17. The number of carbonyl (C=O) groups is 2. The summed E-state index contributed by atoms with van der Waals surface area (Å²) >= 11 is 8.71. The molecule has 0 saturated carbocycles. The Hall–Kier alpha value is -4.64. The van der Waals surface area contributed by atoms with Gasteiger partial charge in [0.05, 0.1) is 11.6 Å². The molecule has 1 N–H and O–H groups in total. The fourth-order valence-electron chi connectivity index (χ4n) is 5.22. The molecule has 1 aliphatic rings. The lowest BCUT2D eigenvalue weighted by Gasteiger charge is -2.23. The molecule has 47 heavy (non-hydrogen) atoms. The second kappa shape index (κ2) is 14.0. The summed E-state index contributed by atoms with van der Waals surface area (Å²) in [7, 11) is 3.86. The van der Waals surface area contributed by atoms with Gasteiger partial charge in [0, 0.05) is 36.1 Å². The Morgan fingerprint density at radius 1 is 0.957 bits per heavy atom. The second-order valence-electron chi connectivity index (χ2n) is 11.2. The Morgan fingerprint density at radius 2 is 1.68 bits per heavy atom. The molecule has 5 aromatic rings. The number of aliphatic hydroxyl groups is 1. The van der Waals surface area contributed by atoms with Gasteiger partial charge in [-0.05, 0) is 72.1 Å². The number of anilines is 2. The molecule has 1 fully saturated rings. The summed E-state index contributed by atoms with van der Waals surface area (Å²) < 4.78 is 6.58. The van der Waals surface area contributed by atoms with Crippen molar-refractivity contribution in [1.82, 2.24) is 10.2 Å². The van der Waals surface area contributed by atoms with Gasteiger partial charge in [0.25, 0.3) is 5.78 Å². The highest BCUT2D eigenvalue weighted by Gasteiger charge is 2.48. The van der Waals surface area contributed by atoms with E-state index >= 15 is 0 Å². The van der Waals surface area contributed by atoms with Crippen LogP contribution < -0.4 is 14.5 Å². The van der Waals surface area contributed by atoms with Crippen LogP contribution in [0.25, 0.3) is 5.76 Å². The van der Waals surface area contributed by atoms with Crippen molar-refractivity contribution in [2.24, 2.45) is 0 Å². The van der Waals surface area contributed by atoms with Crippen LogP contribution in [-0.2, 0) is 21.9 Å². The van der Waals surface area contributed by atoms with Gasteiger partial charge in [-0.15, -0.1) is 10.2 Å². The topological polar surface area (TPSA) is 95.9 Å². The Balaban J connectivity index is 1.31. The Kier molecular flexibility index (Phi) is 9.63. The van der Waals surface area contributed by atoms with Crippen LogP contribution in [0.2, 0.25) is 5.02 Å². The lowest BCUT2D eigenvalue weighted by Crippen LogP contribution is -2.29. The smallest absolute Gasteiger partial charge is 0.301 e. The van der Waals surface area contributed by atoms with Crippen LogP contribution in [0.15, 0.2) is 107 Å². The molecule has 1 unspecified atom stereocenters. The van der Waals surface area contributed by atoms with Crippen LogP contribution in [0, 0.1) is 6.92 Å². The third kappa shape index (κ3) is 7.20. The Morgan fingerprint density at radius 3 is 2.36 bits per heavy atom. The second-order valence-corrected chi connectivity index (χ2v) is 13.8. The molecular formula is C36H31ClN4O4S2. The predicted octanol–water partition coefficient (Wildman–Crippen LogP) is 8.06. The average Bonchev–Trinajstić information content (AvgIpc) is 3.65. The quantitative estimate of drug-likeness (QED) is 0.0520. The van der Waals surface area contributed by atoms with E-state index in [9.17, 15) is 14.7 Å². The number of ketones is 1. The molecule has 4 aromatic carbocycles. The number of Topliss-reactive ketones (excluding diaryl/α,β-unsaturated/α-hetero) is 1. The number of aryl methyl sites for hydroxylation is 1. The first-order valence-electron chi connectivity index (χ1n) is 14.8. The number of halogens is 1. The van der Waals surface area contributed by atoms with Crippen molar-refractivity contribution in [2.75, 3.05) is 23.9 Å². The number of aromatic nitrogens is 2. The predicted molar refractivity (Wildman–Crippen MR) is 188 cm³/mol. The minimum Gasteiger partial charge on any atom is -0.507 e. The highest BCUT2D eigenvalue weighted by Crippen LogP contribution is 2.44. The molecular weight excluding hydrogens is 652 g/mol. The van der Waals surface area contributed by atoms with Gasteiger partial charge < -0.3 is 14.7 Å². The monoisotopic (exact) mass is 682 g/mol. The zero-order valence-corrected chi connectivity index (χ0v) is 28.3. The molecule has 0 spiro atoms. The van der Waals surface area contributed by atoms with E-state index in [1.165, 1.54) is 28.0 Å². The molecule has 1 aromatic heterocycles. The molecule has 2 heterocycles. The highest BCUT2D eigenvalue weighted by molar-refractivity contribution is 8.00. The summed E-state index contributed by atoms with van der Waals surface area (Å²) in [5.74, 6) is -0.618. The maximum atomic E-state index is 13.7. The fraction of sp³-hybridized carbons (Fsp3) is 0.167. The SMILES string of the molecule is Cc1cccc(COc2ccc(/C(O)=C3\C(=O)C(=O)N(c4nnc(SCc5ccc(Cl)cc5)s4)C3c3ccc(N(C)C)cc3)cc2)c1. The number of benzene rings is 4. The summed E-state index contributed by atoms with van der Waals surface area (Å²) in [5.41, 5.74) is 5.22. The molecule has 0 radical (unpaired) electrons. The van der Waals surface area contributed by atoms with Crippen molar-refractivity contribution in [1.29, 1.82) is 0 Å². The molecule has 11 heteroatoms. The van der Waals surface area contributed by atoms with E-state index in [0.717, 1.165) is 22.4 Å². The largest absolute Gasteiger partial charge is 0.507 e. The molecule has 8 nitrogen and oxygen atoms in total. The minimum atomic E-state index is -0.912. The molecule has 238 valence electrons. The van der Waals surface area contributed by atoms with Crippen molar-refractivity contribution in [2.45, 2.75) is 29.7 Å². The van der Waals surface area contributed by atoms with E-state index in [1.54, 1.807) is 24.3 Å². The highest BCUT2D eigenvalue weighted by atomic mass is 35.5. The summed E-state index contributed by atoms with van der Waals surface area (Å²) in [6.07, 6.45) is 0. The van der Waals surface area contributed by atoms with Crippen LogP contribution in [-0.4, -0.2) is 41.1 Å². The maximum absolute atomic E-state index is 13.7. The molecule has 0 aliphatic carbocycles. The summed E-state index contributed by atoms with van der Waals surface area (Å²) in [6, 6.07) is 29.0. The van der Waals surface area contributed by atoms with E-state index in [-0.39, 0.29) is 16.5 Å². The van der Waals surface area contributed by atoms with Gasteiger partial charge in [-0.1, -0.05) is 88.8 Å². The van der Waals surface area contributed by atoms with Gasteiger partial charge in [0.15, 0.2) is 4.34 Å². The molecule has 1 saturated heterocycles. The van der Waals surface area contributed by atoms with E-state index in [0.29, 0.717) is 38.6 Å². The number of aliphatic hydroxyl groups excluding tert-OH is 1. The van der Waals surface area contributed by atoms with Gasteiger partial charge in [-0.3, -0.25) is 14.5 Å². The first kappa shape index (κ1) is 32.3. The van der Waals surface area contributed by atoms with Gasteiger partial charge in [0.2, 0.25) is 5.13 Å². The number of hydrogen-bond acceptors (Lipinski definition) is 9. The van der Waals surface area contributed by atoms with Crippen molar-refractivity contribution >= 4 is 63.0 Å². The lowest BCUT2D eigenvalue weighted by atomic mass is 9.95. The number of carbonyl (C=O) groups excluding carboxylic acids is 2. The van der Waals surface area contributed by atoms with Crippen LogP contribution in [0.1, 0.15) is 33.9 Å². The number of ether oxygens (including phenoxy) is 1. The summed E-state index contributed by atoms with van der Waals surface area (Å²) in [5, 5.41) is 21.1. The van der Waals surface area contributed by atoms with E-state index in [1.807, 2.05) is 92.6 Å². The van der Waals surface area contributed by atoms with E-state index in [2.05, 4.69) is 16.3 Å². The zero-order chi connectivity index (χ0) is 33.1. The summed E-state index contributed by atoms with van der Waals surface area (Å²) in [4.78, 5) is 30.6. The Labute approximate surface area is 286 Å².